The van der Waals surface area contributed by atoms with Gasteiger partial charge in [-0.15, -0.1) is 0 Å². The average molecular weight is 344 g/mol. The lowest BCUT2D eigenvalue weighted by Gasteiger charge is -2.18. The van der Waals surface area contributed by atoms with Gasteiger partial charge >= 0.3 is 6.03 Å². The number of amides is 3. The summed E-state index contributed by atoms with van der Waals surface area (Å²) < 4.78 is 0. The third-order valence-electron chi connectivity index (χ3n) is 3.90. The van der Waals surface area contributed by atoms with Crippen molar-refractivity contribution in [2.24, 2.45) is 0 Å². The number of nitrogens with zero attached hydrogens (tertiary/aromatic N) is 2. The van der Waals surface area contributed by atoms with E-state index in [1.807, 2.05) is 30.3 Å². The van der Waals surface area contributed by atoms with E-state index in [0.29, 0.717) is 24.7 Å². The van der Waals surface area contributed by atoms with Crippen molar-refractivity contribution in [3.63, 3.8) is 0 Å². The molecule has 0 unspecified atom stereocenters. The molecule has 0 aliphatic carbocycles. The summed E-state index contributed by atoms with van der Waals surface area (Å²) in [6.45, 7) is 1.62. The van der Waals surface area contributed by atoms with Crippen molar-refractivity contribution < 1.29 is 9.59 Å². The van der Waals surface area contributed by atoms with Crippen LogP contribution in [0.1, 0.15) is 5.56 Å². The van der Waals surface area contributed by atoms with Crippen LogP contribution in [0.4, 0.5) is 10.5 Å². The zero-order valence-corrected chi connectivity index (χ0v) is 13.9. The van der Waals surface area contributed by atoms with Gasteiger partial charge in [0.1, 0.15) is 6.54 Å². The molecule has 3 amide bonds. The van der Waals surface area contributed by atoms with Crippen LogP contribution < -0.4 is 10.2 Å². The topological polar surface area (TPSA) is 52.7 Å². The van der Waals surface area contributed by atoms with Gasteiger partial charge in [-0.2, -0.15) is 0 Å². The predicted molar refractivity (Wildman–Crippen MR) is 94.1 cm³/mol. The largest absolute Gasteiger partial charge is 0.350 e. The minimum atomic E-state index is -0.162. The number of carbonyl (C=O) groups excluding carboxylic acids is 2. The van der Waals surface area contributed by atoms with E-state index in [2.05, 4.69) is 5.32 Å². The molecule has 1 saturated heterocycles. The van der Waals surface area contributed by atoms with Gasteiger partial charge in [-0.1, -0.05) is 41.9 Å². The smallest absolute Gasteiger partial charge is 0.325 e. The van der Waals surface area contributed by atoms with Crippen molar-refractivity contribution in [2.45, 2.75) is 6.54 Å². The third kappa shape index (κ3) is 3.86. The fourth-order valence-electron chi connectivity index (χ4n) is 2.62. The molecule has 0 aromatic heterocycles. The molecule has 5 nitrogen and oxygen atoms in total. The van der Waals surface area contributed by atoms with Crippen LogP contribution >= 0.6 is 11.6 Å². The molecule has 0 radical (unpaired) electrons. The summed E-state index contributed by atoms with van der Waals surface area (Å²) in [5.41, 5.74) is 1.82. The number of halogens is 1. The minimum Gasteiger partial charge on any atom is -0.350 e. The van der Waals surface area contributed by atoms with Crippen LogP contribution in [-0.2, 0) is 11.3 Å². The van der Waals surface area contributed by atoms with Crippen LogP contribution in [0.3, 0.4) is 0 Å². The van der Waals surface area contributed by atoms with Gasteiger partial charge in [-0.25, -0.2) is 4.79 Å². The van der Waals surface area contributed by atoms with Gasteiger partial charge in [-0.05, 0) is 29.8 Å². The first kappa shape index (κ1) is 16.3. The van der Waals surface area contributed by atoms with E-state index >= 15 is 0 Å². The van der Waals surface area contributed by atoms with E-state index in [1.54, 1.807) is 34.1 Å². The standard InChI is InChI=1S/C18H18ClN3O2/c19-15-6-8-16(9-7-15)22-11-10-21(18(22)24)13-17(23)20-12-14-4-2-1-3-5-14/h1-9H,10-13H2,(H,20,23). The molecule has 1 fully saturated rings. The van der Waals surface area contributed by atoms with E-state index in [9.17, 15) is 9.59 Å². The highest BCUT2D eigenvalue weighted by molar-refractivity contribution is 6.30. The molecular formula is C18H18ClN3O2. The minimum absolute atomic E-state index is 0.0652. The second-order valence-corrected chi connectivity index (χ2v) is 6.03. The summed E-state index contributed by atoms with van der Waals surface area (Å²) in [5, 5.41) is 3.47. The zero-order chi connectivity index (χ0) is 16.9. The number of carbonyl (C=O) groups is 2. The Morgan fingerprint density at radius 2 is 1.75 bits per heavy atom. The molecule has 3 rings (SSSR count). The van der Waals surface area contributed by atoms with E-state index in [0.717, 1.165) is 11.3 Å². The second kappa shape index (κ2) is 7.36. The van der Waals surface area contributed by atoms with Crippen molar-refractivity contribution in [1.29, 1.82) is 0 Å². The molecule has 24 heavy (non-hydrogen) atoms. The normalized spacial score (nSPS) is 14.1. The van der Waals surface area contributed by atoms with Crippen molar-refractivity contribution >= 4 is 29.2 Å². The highest BCUT2D eigenvalue weighted by Gasteiger charge is 2.30. The number of urea groups is 1. The van der Waals surface area contributed by atoms with Crippen molar-refractivity contribution in [3.05, 3.63) is 65.2 Å². The fraction of sp³-hybridized carbons (Fsp3) is 0.222. The molecule has 0 bridgehead atoms. The number of nitrogens with one attached hydrogen (secondary N) is 1. The molecule has 2 aromatic rings. The molecule has 1 heterocycles. The maximum absolute atomic E-state index is 12.4. The monoisotopic (exact) mass is 343 g/mol. The Morgan fingerprint density at radius 1 is 1.04 bits per heavy atom. The highest BCUT2D eigenvalue weighted by Crippen LogP contribution is 2.22. The van der Waals surface area contributed by atoms with Crippen LogP contribution in [-0.4, -0.2) is 36.5 Å². The summed E-state index contributed by atoms with van der Waals surface area (Å²) >= 11 is 5.87. The van der Waals surface area contributed by atoms with E-state index in [1.165, 1.54) is 0 Å². The first-order chi connectivity index (χ1) is 11.6. The Bertz CT molecular complexity index is 719. The average Bonchev–Trinajstić information content (AvgIpc) is 2.95. The van der Waals surface area contributed by atoms with Crippen LogP contribution in [0, 0.1) is 0 Å². The van der Waals surface area contributed by atoms with Gasteiger partial charge in [0.15, 0.2) is 0 Å². The molecule has 0 saturated carbocycles. The van der Waals surface area contributed by atoms with E-state index in [-0.39, 0.29) is 18.5 Å². The van der Waals surface area contributed by atoms with Gasteiger partial charge in [0, 0.05) is 30.3 Å². The fourth-order valence-corrected chi connectivity index (χ4v) is 2.74. The van der Waals surface area contributed by atoms with Crippen molar-refractivity contribution in [3.8, 4) is 0 Å². The lowest BCUT2D eigenvalue weighted by Crippen LogP contribution is -2.39. The SMILES string of the molecule is O=C(CN1CCN(c2ccc(Cl)cc2)C1=O)NCc1ccccc1. The molecule has 0 atom stereocenters. The zero-order valence-electron chi connectivity index (χ0n) is 13.1. The Morgan fingerprint density at radius 3 is 2.46 bits per heavy atom. The maximum atomic E-state index is 12.4. The Labute approximate surface area is 145 Å². The quantitative estimate of drug-likeness (QED) is 0.907. The Balaban J connectivity index is 1.53. The van der Waals surface area contributed by atoms with Gasteiger partial charge in [-0.3, -0.25) is 9.69 Å². The molecule has 124 valence electrons. The summed E-state index contributed by atoms with van der Waals surface area (Å²) in [7, 11) is 0. The van der Waals surface area contributed by atoms with Crippen LogP contribution in [0.25, 0.3) is 0 Å². The molecule has 1 N–H and O–H groups in total. The third-order valence-corrected chi connectivity index (χ3v) is 4.15. The first-order valence-corrected chi connectivity index (χ1v) is 8.14. The van der Waals surface area contributed by atoms with Gasteiger partial charge in [0.25, 0.3) is 0 Å². The molecule has 6 heteroatoms. The lowest BCUT2D eigenvalue weighted by molar-refractivity contribution is -0.121. The van der Waals surface area contributed by atoms with Crippen molar-refractivity contribution in [1.82, 2.24) is 10.2 Å². The number of hydrogen-bond donors (Lipinski definition) is 1. The Kier molecular flexibility index (Phi) is 5.01. The number of benzene rings is 2. The molecule has 1 aliphatic rings. The van der Waals surface area contributed by atoms with Crippen LogP contribution in [0.5, 0.6) is 0 Å². The predicted octanol–water partition coefficient (Wildman–Crippen LogP) is 2.90. The highest BCUT2D eigenvalue weighted by atomic mass is 35.5. The Hall–Kier alpha value is -2.53. The second-order valence-electron chi connectivity index (χ2n) is 5.59. The number of anilines is 1. The van der Waals surface area contributed by atoms with Gasteiger partial charge in [0.05, 0.1) is 0 Å². The molecule has 2 aromatic carbocycles. The summed E-state index contributed by atoms with van der Waals surface area (Å²) in [6, 6.07) is 16.6. The van der Waals surface area contributed by atoms with Gasteiger partial charge < -0.3 is 10.2 Å². The molecular weight excluding hydrogens is 326 g/mol. The first-order valence-electron chi connectivity index (χ1n) is 7.76. The number of rotatable bonds is 5. The van der Waals surface area contributed by atoms with Crippen molar-refractivity contribution in [2.75, 3.05) is 24.5 Å². The van der Waals surface area contributed by atoms with E-state index < -0.39 is 0 Å². The van der Waals surface area contributed by atoms with E-state index in [4.69, 9.17) is 11.6 Å². The summed E-state index contributed by atoms with van der Waals surface area (Å²) in [6.07, 6.45) is 0. The lowest BCUT2D eigenvalue weighted by atomic mass is 10.2. The summed E-state index contributed by atoms with van der Waals surface area (Å²) in [5.74, 6) is -0.162. The van der Waals surface area contributed by atoms with Crippen LogP contribution in [0.2, 0.25) is 5.02 Å². The molecule has 1 aliphatic heterocycles. The molecule has 0 spiro atoms. The number of hydrogen-bond acceptors (Lipinski definition) is 2. The van der Waals surface area contributed by atoms with Crippen LogP contribution in [0.15, 0.2) is 54.6 Å². The summed E-state index contributed by atoms with van der Waals surface area (Å²) in [4.78, 5) is 27.7. The maximum Gasteiger partial charge on any atom is 0.325 e. The van der Waals surface area contributed by atoms with Gasteiger partial charge in [0.2, 0.25) is 5.91 Å².